The summed E-state index contributed by atoms with van der Waals surface area (Å²) in [7, 11) is 0. The van der Waals surface area contributed by atoms with E-state index >= 15 is 0 Å². The average molecular weight is 480 g/mol. The number of hydrogen-bond donors (Lipinski definition) is 1. The number of nitrogens with one attached hydrogen (secondary N) is 1. The summed E-state index contributed by atoms with van der Waals surface area (Å²) in [6, 6.07) is 17.1. The zero-order chi connectivity index (χ0) is 23.5. The van der Waals surface area contributed by atoms with Crippen molar-refractivity contribution in [3.63, 3.8) is 0 Å². The number of carbonyl (C=O) groups excluding carboxylic acids is 2. The predicted octanol–water partition coefficient (Wildman–Crippen LogP) is 5.13. The van der Waals surface area contributed by atoms with E-state index in [2.05, 4.69) is 4.98 Å². The number of fused-ring (bicyclic) bond motifs is 1. The second-order valence-corrected chi connectivity index (χ2v) is 9.76. The van der Waals surface area contributed by atoms with E-state index < -0.39 is 0 Å². The average Bonchev–Trinajstić information content (AvgIpc) is 3.31. The molecule has 0 radical (unpaired) electrons. The van der Waals surface area contributed by atoms with Gasteiger partial charge in [0.2, 0.25) is 5.91 Å². The van der Waals surface area contributed by atoms with Gasteiger partial charge in [0.25, 0.3) is 5.91 Å². The van der Waals surface area contributed by atoms with E-state index in [1.807, 2.05) is 52.3 Å². The number of piperidine rings is 2. The molecule has 1 N–H and O–H groups in total. The van der Waals surface area contributed by atoms with Gasteiger partial charge in [-0.15, -0.1) is 0 Å². The summed E-state index contributed by atoms with van der Waals surface area (Å²) in [6.45, 7) is 2.73. The molecular formula is C27H30ClN3O3. The summed E-state index contributed by atoms with van der Waals surface area (Å²) in [6.07, 6.45) is 4.23. The van der Waals surface area contributed by atoms with Crippen LogP contribution in [0, 0.1) is 5.92 Å². The molecule has 0 spiro atoms. The molecule has 2 aromatic carbocycles. The van der Waals surface area contributed by atoms with Crippen LogP contribution in [0.25, 0.3) is 10.9 Å². The summed E-state index contributed by atoms with van der Waals surface area (Å²) < 4.78 is 6.32. The Hall–Kier alpha value is -2.99. The van der Waals surface area contributed by atoms with Crippen LogP contribution in [0.4, 0.5) is 0 Å². The van der Waals surface area contributed by atoms with Crippen molar-refractivity contribution in [2.45, 2.75) is 38.2 Å². The predicted molar refractivity (Wildman–Crippen MR) is 133 cm³/mol. The van der Waals surface area contributed by atoms with Crippen molar-refractivity contribution >= 4 is 34.3 Å². The number of benzene rings is 2. The van der Waals surface area contributed by atoms with Crippen LogP contribution in [-0.2, 0) is 4.79 Å². The van der Waals surface area contributed by atoms with Gasteiger partial charge < -0.3 is 19.5 Å². The second-order valence-electron chi connectivity index (χ2n) is 9.33. The number of rotatable bonds is 5. The van der Waals surface area contributed by atoms with Crippen molar-refractivity contribution in [3.8, 4) is 5.75 Å². The van der Waals surface area contributed by atoms with Crippen molar-refractivity contribution in [1.82, 2.24) is 14.8 Å². The molecule has 3 heterocycles. The summed E-state index contributed by atoms with van der Waals surface area (Å²) in [5.74, 6) is 0.790. The van der Waals surface area contributed by atoms with Gasteiger partial charge in [-0.25, -0.2) is 0 Å². The Morgan fingerprint density at radius 1 is 0.971 bits per heavy atom. The number of aromatic nitrogens is 1. The first kappa shape index (κ1) is 22.8. The van der Waals surface area contributed by atoms with Crippen LogP contribution in [0.15, 0.2) is 54.6 Å². The Labute approximate surface area is 204 Å². The summed E-state index contributed by atoms with van der Waals surface area (Å²) >= 11 is 6.03. The number of carbonyl (C=O) groups is 2. The van der Waals surface area contributed by atoms with E-state index in [-0.39, 0.29) is 23.8 Å². The third kappa shape index (κ3) is 5.07. The molecule has 6 nitrogen and oxygen atoms in total. The van der Waals surface area contributed by atoms with E-state index in [1.54, 1.807) is 12.1 Å². The highest BCUT2D eigenvalue weighted by Crippen LogP contribution is 2.29. The highest BCUT2D eigenvalue weighted by atomic mass is 35.5. The largest absolute Gasteiger partial charge is 0.490 e. The lowest BCUT2D eigenvalue weighted by Gasteiger charge is -2.39. The summed E-state index contributed by atoms with van der Waals surface area (Å²) in [4.78, 5) is 33.5. The Bertz CT molecular complexity index is 1120. The first-order valence-corrected chi connectivity index (χ1v) is 12.5. The minimum Gasteiger partial charge on any atom is -0.490 e. The molecule has 2 atom stereocenters. The number of amides is 2. The Balaban J connectivity index is 1.33. The Morgan fingerprint density at radius 3 is 2.50 bits per heavy atom. The zero-order valence-electron chi connectivity index (χ0n) is 19.2. The minimum absolute atomic E-state index is 0.0310. The molecular weight excluding hydrogens is 450 g/mol. The minimum atomic E-state index is -0.137. The molecule has 2 aliphatic heterocycles. The molecule has 2 aliphatic rings. The van der Waals surface area contributed by atoms with Crippen molar-refractivity contribution in [2.75, 3.05) is 26.2 Å². The van der Waals surface area contributed by atoms with Gasteiger partial charge in [-0.1, -0.05) is 29.8 Å². The summed E-state index contributed by atoms with van der Waals surface area (Å²) in [5.41, 5.74) is 1.53. The number of ether oxygens (including phenoxy) is 1. The van der Waals surface area contributed by atoms with Crippen LogP contribution in [0.1, 0.15) is 42.6 Å². The van der Waals surface area contributed by atoms with Crippen molar-refractivity contribution in [3.05, 3.63) is 65.3 Å². The maximum absolute atomic E-state index is 13.3. The first-order chi connectivity index (χ1) is 16.6. The molecule has 0 unspecified atom stereocenters. The van der Waals surface area contributed by atoms with Gasteiger partial charge in [-0.3, -0.25) is 9.59 Å². The van der Waals surface area contributed by atoms with Gasteiger partial charge in [-0.2, -0.15) is 0 Å². The van der Waals surface area contributed by atoms with Crippen molar-refractivity contribution in [2.24, 2.45) is 5.92 Å². The standard InChI is InChI=1S/C27H30ClN3O3/c28-21-8-10-22(11-9-21)34-25-12-15-31(18-20(25)17-26(32)30-13-4-1-5-14-30)27(33)24-16-19-6-2-3-7-23(19)29-24/h2-3,6-11,16,20,25,29H,1,4-5,12-15,17-18H2/t20-,25-/m0/s1. The third-order valence-corrected chi connectivity index (χ3v) is 7.21. The fourth-order valence-corrected chi connectivity index (χ4v) is 5.22. The molecule has 1 aromatic heterocycles. The number of hydrogen-bond acceptors (Lipinski definition) is 3. The lowest BCUT2D eigenvalue weighted by Crippen LogP contribution is -2.50. The fraction of sp³-hybridized carbons (Fsp3) is 0.407. The number of H-pyrrole nitrogens is 1. The van der Waals surface area contributed by atoms with E-state index in [0.717, 1.165) is 42.6 Å². The Morgan fingerprint density at radius 2 is 1.74 bits per heavy atom. The van der Waals surface area contributed by atoms with Gasteiger partial charge >= 0.3 is 0 Å². The number of para-hydroxylation sites is 1. The van der Waals surface area contributed by atoms with Crippen LogP contribution in [0.2, 0.25) is 5.02 Å². The Kier molecular flexibility index (Phi) is 6.77. The quantitative estimate of drug-likeness (QED) is 0.551. The molecule has 5 rings (SSSR count). The van der Waals surface area contributed by atoms with Gasteiger partial charge in [0.15, 0.2) is 0 Å². The normalized spacial score (nSPS) is 21.0. The second kappa shape index (κ2) is 10.1. The van der Waals surface area contributed by atoms with Crippen molar-refractivity contribution in [1.29, 1.82) is 0 Å². The molecule has 2 saturated heterocycles. The molecule has 0 bridgehead atoms. The molecule has 3 aromatic rings. The van der Waals surface area contributed by atoms with Gasteiger partial charge in [0.1, 0.15) is 17.5 Å². The molecule has 2 fully saturated rings. The van der Waals surface area contributed by atoms with Crippen LogP contribution < -0.4 is 4.74 Å². The third-order valence-electron chi connectivity index (χ3n) is 6.96. The van der Waals surface area contributed by atoms with Gasteiger partial charge in [-0.05, 0) is 55.7 Å². The zero-order valence-corrected chi connectivity index (χ0v) is 20.0. The van der Waals surface area contributed by atoms with Crippen LogP contribution in [0.5, 0.6) is 5.75 Å². The summed E-state index contributed by atoms with van der Waals surface area (Å²) in [5, 5.41) is 1.67. The smallest absolute Gasteiger partial charge is 0.270 e. The highest BCUT2D eigenvalue weighted by Gasteiger charge is 2.36. The number of halogens is 1. The van der Waals surface area contributed by atoms with E-state index in [9.17, 15) is 9.59 Å². The molecule has 0 saturated carbocycles. The maximum atomic E-state index is 13.3. The highest BCUT2D eigenvalue weighted by molar-refractivity contribution is 6.30. The number of likely N-dealkylation sites (tertiary alicyclic amines) is 2. The molecule has 7 heteroatoms. The molecule has 2 amide bonds. The lowest BCUT2D eigenvalue weighted by atomic mass is 9.90. The maximum Gasteiger partial charge on any atom is 0.270 e. The number of nitrogens with zero attached hydrogens (tertiary/aromatic N) is 2. The monoisotopic (exact) mass is 479 g/mol. The molecule has 34 heavy (non-hydrogen) atoms. The topological polar surface area (TPSA) is 65.6 Å². The van der Waals surface area contributed by atoms with Crippen LogP contribution >= 0.6 is 11.6 Å². The fourth-order valence-electron chi connectivity index (χ4n) is 5.09. The van der Waals surface area contributed by atoms with Crippen LogP contribution in [-0.4, -0.2) is 58.9 Å². The van der Waals surface area contributed by atoms with E-state index in [0.29, 0.717) is 36.6 Å². The SMILES string of the molecule is O=C(C[C@H]1CN(C(=O)c2cc3ccccc3[nH]2)CC[C@@H]1Oc1ccc(Cl)cc1)N1CCCCC1. The van der Waals surface area contributed by atoms with E-state index in [4.69, 9.17) is 16.3 Å². The number of aromatic amines is 1. The van der Waals surface area contributed by atoms with Crippen molar-refractivity contribution < 1.29 is 14.3 Å². The van der Waals surface area contributed by atoms with Gasteiger partial charge in [0, 0.05) is 60.9 Å². The van der Waals surface area contributed by atoms with E-state index in [1.165, 1.54) is 6.42 Å². The van der Waals surface area contributed by atoms with Gasteiger partial charge in [0.05, 0.1) is 0 Å². The first-order valence-electron chi connectivity index (χ1n) is 12.1. The molecule has 178 valence electrons. The molecule has 0 aliphatic carbocycles. The lowest BCUT2D eigenvalue weighted by molar-refractivity contribution is -0.134. The van der Waals surface area contributed by atoms with Crippen LogP contribution in [0.3, 0.4) is 0 Å².